The molecule has 2 bridgehead atoms. The monoisotopic (exact) mass is 671 g/mol. The lowest BCUT2D eigenvalue weighted by Gasteiger charge is -2.41. The van der Waals surface area contributed by atoms with Crippen LogP contribution in [0.25, 0.3) is 0 Å². The summed E-state index contributed by atoms with van der Waals surface area (Å²) in [5.74, 6) is -3.48. The van der Waals surface area contributed by atoms with Crippen LogP contribution in [0.4, 0.5) is 0 Å². The average Bonchev–Trinajstić information content (AvgIpc) is 3.76. The molecule has 3 aliphatic rings. The molecular formula is C39H49N3O7. The van der Waals surface area contributed by atoms with E-state index >= 15 is 0 Å². The third kappa shape index (κ3) is 7.07. The van der Waals surface area contributed by atoms with E-state index in [0.29, 0.717) is 30.4 Å². The molecule has 10 nitrogen and oxygen atoms in total. The minimum absolute atomic E-state index is 0.0490. The molecule has 3 heterocycles. The molecule has 0 saturated carbocycles. The minimum Gasteiger partial charge on any atom is -0.455 e. The van der Waals surface area contributed by atoms with Crippen molar-refractivity contribution in [3.05, 3.63) is 97.1 Å². The number of ether oxygens (including phenoxy) is 2. The van der Waals surface area contributed by atoms with Gasteiger partial charge in [-0.05, 0) is 43.7 Å². The zero-order valence-electron chi connectivity index (χ0n) is 28.5. The number of carbonyl (C=O) groups excluding carboxylic acids is 4. The first-order valence-corrected chi connectivity index (χ1v) is 17.4. The third-order valence-electron chi connectivity index (χ3n) is 10.3. The van der Waals surface area contributed by atoms with E-state index in [0.717, 1.165) is 12.8 Å². The Bertz CT molecular complexity index is 1500. The number of aliphatic hydroxyl groups excluding tert-OH is 1. The Balaban J connectivity index is 1.51. The Morgan fingerprint density at radius 3 is 2.39 bits per heavy atom. The Morgan fingerprint density at radius 2 is 1.78 bits per heavy atom. The van der Waals surface area contributed by atoms with Crippen molar-refractivity contribution in [2.45, 2.75) is 88.3 Å². The summed E-state index contributed by atoms with van der Waals surface area (Å²) in [5, 5.41) is 13.7. The summed E-state index contributed by atoms with van der Waals surface area (Å²) in [6, 6.07) is 16.2. The highest BCUT2D eigenvalue weighted by Gasteiger charge is 2.76. The highest BCUT2D eigenvalue weighted by atomic mass is 16.6. The van der Waals surface area contributed by atoms with Crippen LogP contribution in [0, 0.1) is 11.8 Å². The van der Waals surface area contributed by atoms with Gasteiger partial charge in [0, 0.05) is 19.0 Å². The van der Waals surface area contributed by atoms with Crippen LogP contribution < -0.4 is 5.32 Å². The summed E-state index contributed by atoms with van der Waals surface area (Å²) in [7, 11) is 0. The molecule has 3 saturated heterocycles. The Kier molecular flexibility index (Phi) is 11.7. The van der Waals surface area contributed by atoms with Gasteiger partial charge in [-0.25, -0.2) is 0 Å². The topological polar surface area (TPSA) is 125 Å². The standard InChI is InChI=1S/C39H49N3O7/c1-5-8-20-32(44)40-24-31(28-18-13-10-14-19-28)48-38(47)33-30-21-22-39(49-30)34(33)36(45)42(29(25-43)27-16-11-9-12-17-27)35(39)37(46)41(23-7-3)26(4)15-6-2/h5,7,9-14,16-19,26,29-31,33-35,43H,1,3,6,8,15,20-25H2,2,4H3,(H,40,44)/t26?,29-,30-,31-,33+,34+,35-,39+/m1/s1. The number of carbonyl (C=O) groups is 4. The van der Waals surface area contributed by atoms with Gasteiger partial charge >= 0.3 is 5.97 Å². The molecule has 10 heteroatoms. The van der Waals surface area contributed by atoms with Crippen LogP contribution in [0.3, 0.4) is 0 Å². The molecule has 1 unspecified atom stereocenters. The molecule has 0 aromatic heterocycles. The molecule has 3 aliphatic heterocycles. The van der Waals surface area contributed by atoms with E-state index in [2.05, 4.69) is 25.4 Å². The molecule has 8 atom stereocenters. The summed E-state index contributed by atoms with van der Waals surface area (Å²) >= 11 is 0. The van der Waals surface area contributed by atoms with Gasteiger partial charge in [0.05, 0.1) is 37.1 Å². The SMILES string of the molecule is C=CCCC(=O)NC[C@@H](OC(=O)[C@@H]1[C@H]2C(=O)N([C@H](CO)c3ccccc3)[C@H](C(=O)N(CC=C)C(C)CCC)[C@]23CC[C@H]1O3)c1ccccc1. The lowest BCUT2D eigenvalue weighted by Crippen LogP contribution is -2.58. The maximum absolute atomic E-state index is 14.8. The molecule has 3 fully saturated rings. The van der Waals surface area contributed by atoms with Crippen molar-refractivity contribution in [1.29, 1.82) is 0 Å². The smallest absolute Gasteiger partial charge is 0.313 e. The quantitative estimate of drug-likeness (QED) is 0.185. The van der Waals surface area contributed by atoms with Crippen molar-refractivity contribution in [3.63, 3.8) is 0 Å². The molecular weight excluding hydrogens is 622 g/mol. The number of hydrogen-bond acceptors (Lipinski definition) is 7. The molecule has 2 aromatic carbocycles. The highest BCUT2D eigenvalue weighted by molar-refractivity contribution is 5.98. The zero-order chi connectivity index (χ0) is 35.1. The van der Waals surface area contributed by atoms with Crippen LogP contribution in [-0.4, -0.2) is 82.1 Å². The van der Waals surface area contributed by atoms with E-state index in [1.807, 2.05) is 67.6 Å². The fourth-order valence-electron chi connectivity index (χ4n) is 8.00. The fraction of sp³-hybridized carbons (Fsp3) is 0.487. The summed E-state index contributed by atoms with van der Waals surface area (Å²) < 4.78 is 12.8. The number of benzene rings is 2. The Labute approximate surface area is 289 Å². The van der Waals surface area contributed by atoms with Gasteiger partial charge in [0.1, 0.15) is 17.7 Å². The number of nitrogens with zero attached hydrogens (tertiary/aromatic N) is 2. The first-order chi connectivity index (χ1) is 23.7. The number of aliphatic hydroxyl groups is 1. The predicted molar refractivity (Wildman–Crippen MR) is 185 cm³/mol. The second kappa shape index (κ2) is 16.0. The van der Waals surface area contributed by atoms with E-state index < -0.39 is 60.2 Å². The van der Waals surface area contributed by atoms with Crippen molar-refractivity contribution >= 4 is 23.7 Å². The molecule has 0 radical (unpaired) electrons. The number of nitrogens with one attached hydrogen (secondary N) is 1. The second-order valence-electron chi connectivity index (χ2n) is 13.3. The Hall–Kier alpha value is -4.28. The van der Waals surface area contributed by atoms with Crippen LogP contribution in [-0.2, 0) is 28.7 Å². The number of allylic oxidation sites excluding steroid dienone is 1. The van der Waals surface area contributed by atoms with Crippen molar-refractivity contribution < 1.29 is 33.8 Å². The molecule has 0 aliphatic carbocycles. The van der Waals surface area contributed by atoms with Crippen molar-refractivity contribution in [2.75, 3.05) is 19.7 Å². The maximum atomic E-state index is 14.8. The summed E-state index contributed by atoms with van der Waals surface area (Å²) in [5.41, 5.74) is 0.0897. The normalized spacial score (nSPS) is 25.6. The largest absolute Gasteiger partial charge is 0.455 e. The highest BCUT2D eigenvalue weighted by Crippen LogP contribution is 2.60. The number of hydrogen-bond donors (Lipinski definition) is 2. The Morgan fingerprint density at radius 1 is 1.10 bits per heavy atom. The van der Waals surface area contributed by atoms with Crippen LogP contribution in [0.5, 0.6) is 0 Å². The van der Waals surface area contributed by atoms with E-state index in [4.69, 9.17) is 9.47 Å². The maximum Gasteiger partial charge on any atom is 0.313 e. The lowest BCUT2D eigenvalue weighted by atomic mass is 9.70. The second-order valence-corrected chi connectivity index (χ2v) is 13.3. The summed E-state index contributed by atoms with van der Waals surface area (Å²) in [6.07, 6.45) is 5.17. The van der Waals surface area contributed by atoms with Gasteiger partial charge in [0.2, 0.25) is 17.7 Å². The molecule has 2 N–H and O–H groups in total. The number of fused-ring (bicyclic) bond motifs is 1. The van der Waals surface area contributed by atoms with Gasteiger partial charge in [-0.3, -0.25) is 19.2 Å². The number of rotatable bonds is 17. The predicted octanol–water partition coefficient (Wildman–Crippen LogP) is 4.66. The zero-order valence-corrected chi connectivity index (χ0v) is 28.5. The number of likely N-dealkylation sites (tertiary alicyclic amines) is 1. The van der Waals surface area contributed by atoms with Crippen molar-refractivity contribution in [3.8, 4) is 0 Å². The van der Waals surface area contributed by atoms with Crippen LogP contribution in [0.1, 0.15) is 75.6 Å². The molecule has 2 aromatic rings. The first kappa shape index (κ1) is 36.0. The van der Waals surface area contributed by atoms with Crippen LogP contribution >= 0.6 is 0 Å². The van der Waals surface area contributed by atoms with Gasteiger partial charge in [0.15, 0.2) is 0 Å². The van der Waals surface area contributed by atoms with Gasteiger partial charge in [0.25, 0.3) is 0 Å². The van der Waals surface area contributed by atoms with Gasteiger partial charge in [-0.2, -0.15) is 0 Å². The number of esters is 1. The van der Waals surface area contributed by atoms with Crippen LogP contribution in [0.15, 0.2) is 86.0 Å². The van der Waals surface area contributed by atoms with E-state index in [1.165, 1.54) is 4.90 Å². The molecule has 5 rings (SSSR count). The van der Waals surface area contributed by atoms with E-state index in [-0.39, 0.29) is 37.4 Å². The third-order valence-corrected chi connectivity index (χ3v) is 10.3. The van der Waals surface area contributed by atoms with E-state index in [9.17, 15) is 24.3 Å². The molecule has 1 spiro atoms. The lowest BCUT2D eigenvalue weighted by molar-refractivity contribution is -0.161. The van der Waals surface area contributed by atoms with Gasteiger partial charge in [-0.15, -0.1) is 13.2 Å². The molecule has 262 valence electrons. The van der Waals surface area contributed by atoms with Crippen molar-refractivity contribution in [1.82, 2.24) is 15.1 Å². The van der Waals surface area contributed by atoms with Gasteiger partial charge < -0.3 is 29.7 Å². The van der Waals surface area contributed by atoms with Gasteiger partial charge in [-0.1, -0.05) is 86.2 Å². The average molecular weight is 672 g/mol. The molecule has 49 heavy (non-hydrogen) atoms. The van der Waals surface area contributed by atoms with Crippen molar-refractivity contribution in [2.24, 2.45) is 11.8 Å². The summed E-state index contributed by atoms with van der Waals surface area (Å²) in [6.45, 7) is 11.5. The first-order valence-electron chi connectivity index (χ1n) is 17.4. The van der Waals surface area contributed by atoms with Crippen LogP contribution in [0.2, 0.25) is 0 Å². The molecule has 3 amide bonds. The number of amides is 3. The van der Waals surface area contributed by atoms with E-state index in [1.54, 1.807) is 17.1 Å². The minimum atomic E-state index is -1.28. The fourth-order valence-corrected chi connectivity index (χ4v) is 8.00. The summed E-state index contributed by atoms with van der Waals surface area (Å²) in [4.78, 5) is 59.6.